The SMILES string of the molecule is CCOc1ccccc1C(=O)N1CC(OCc2ccc(F)cc2Cl)C1. The number of hydrogen-bond donors (Lipinski definition) is 0. The monoisotopic (exact) mass is 363 g/mol. The molecule has 2 aromatic carbocycles. The molecule has 0 aliphatic carbocycles. The zero-order chi connectivity index (χ0) is 17.8. The molecule has 4 nitrogen and oxygen atoms in total. The van der Waals surface area contributed by atoms with E-state index < -0.39 is 0 Å². The Balaban J connectivity index is 1.53. The van der Waals surface area contributed by atoms with E-state index in [-0.39, 0.29) is 17.8 Å². The normalized spacial score (nSPS) is 14.3. The Kier molecular flexibility index (Phi) is 5.56. The fourth-order valence-corrected chi connectivity index (χ4v) is 2.87. The van der Waals surface area contributed by atoms with Crippen LogP contribution in [0.3, 0.4) is 0 Å². The summed E-state index contributed by atoms with van der Waals surface area (Å²) in [6.45, 7) is 3.71. The van der Waals surface area contributed by atoms with E-state index in [4.69, 9.17) is 21.1 Å². The molecule has 1 saturated heterocycles. The van der Waals surface area contributed by atoms with Gasteiger partial charge < -0.3 is 14.4 Å². The topological polar surface area (TPSA) is 38.8 Å². The van der Waals surface area contributed by atoms with Crippen molar-refractivity contribution in [2.24, 2.45) is 0 Å². The molecular weight excluding hydrogens is 345 g/mol. The number of rotatable bonds is 6. The molecule has 1 amide bonds. The zero-order valence-electron chi connectivity index (χ0n) is 13.9. The predicted octanol–water partition coefficient (Wildman–Crippen LogP) is 3.92. The van der Waals surface area contributed by atoms with Gasteiger partial charge in [-0.1, -0.05) is 29.8 Å². The molecule has 0 atom stereocenters. The van der Waals surface area contributed by atoms with Crippen LogP contribution < -0.4 is 4.74 Å². The summed E-state index contributed by atoms with van der Waals surface area (Å²) in [6.07, 6.45) is -0.0516. The lowest BCUT2D eigenvalue weighted by Gasteiger charge is -2.39. The van der Waals surface area contributed by atoms with E-state index in [2.05, 4.69) is 0 Å². The van der Waals surface area contributed by atoms with Gasteiger partial charge in [0.25, 0.3) is 5.91 Å². The van der Waals surface area contributed by atoms with E-state index in [9.17, 15) is 9.18 Å². The van der Waals surface area contributed by atoms with Gasteiger partial charge in [0.05, 0.1) is 24.9 Å². The summed E-state index contributed by atoms with van der Waals surface area (Å²) >= 11 is 5.98. The third-order valence-electron chi connectivity index (χ3n) is 4.04. The highest BCUT2D eigenvalue weighted by molar-refractivity contribution is 6.31. The molecule has 1 heterocycles. The molecule has 0 bridgehead atoms. The number of nitrogens with zero attached hydrogens (tertiary/aromatic N) is 1. The molecule has 25 heavy (non-hydrogen) atoms. The van der Waals surface area contributed by atoms with Gasteiger partial charge in [-0.3, -0.25) is 4.79 Å². The lowest BCUT2D eigenvalue weighted by Crippen LogP contribution is -2.54. The first-order valence-electron chi connectivity index (χ1n) is 8.15. The number of ether oxygens (including phenoxy) is 2. The number of para-hydroxylation sites is 1. The van der Waals surface area contributed by atoms with Gasteiger partial charge in [-0.25, -0.2) is 4.39 Å². The Hall–Kier alpha value is -2.11. The number of halogens is 2. The summed E-state index contributed by atoms with van der Waals surface area (Å²) in [5, 5.41) is 0.345. The van der Waals surface area contributed by atoms with Crippen molar-refractivity contribution >= 4 is 17.5 Å². The van der Waals surface area contributed by atoms with Crippen molar-refractivity contribution in [1.29, 1.82) is 0 Å². The van der Waals surface area contributed by atoms with Crippen LogP contribution in [0.15, 0.2) is 42.5 Å². The largest absolute Gasteiger partial charge is 0.493 e. The van der Waals surface area contributed by atoms with Crippen molar-refractivity contribution in [2.45, 2.75) is 19.6 Å². The third-order valence-corrected chi connectivity index (χ3v) is 4.39. The fourth-order valence-electron chi connectivity index (χ4n) is 2.65. The molecule has 0 N–H and O–H groups in total. The van der Waals surface area contributed by atoms with Crippen molar-refractivity contribution in [1.82, 2.24) is 4.90 Å². The molecule has 3 rings (SSSR count). The molecule has 0 unspecified atom stereocenters. The molecule has 1 aliphatic heterocycles. The van der Waals surface area contributed by atoms with Gasteiger partial charge in [-0.05, 0) is 36.8 Å². The van der Waals surface area contributed by atoms with Crippen molar-refractivity contribution in [3.63, 3.8) is 0 Å². The van der Waals surface area contributed by atoms with E-state index in [0.29, 0.717) is 42.6 Å². The maximum Gasteiger partial charge on any atom is 0.257 e. The first-order valence-corrected chi connectivity index (χ1v) is 8.53. The Bertz CT molecular complexity index is 762. The minimum atomic E-state index is -0.373. The number of amides is 1. The highest BCUT2D eigenvalue weighted by Crippen LogP contribution is 2.25. The molecule has 132 valence electrons. The van der Waals surface area contributed by atoms with E-state index in [1.165, 1.54) is 12.1 Å². The number of carbonyl (C=O) groups excluding carboxylic acids is 1. The molecule has 2 aromatic rings. The summed E-state index contributed by atoms with van der Waals surface area (Å²) in [7, 11) is 0. The Labute approximate surface area is 151 Å². The number of likely N-dealkylation sites (tertiary alicyclic amines) is 1. The van der Waals surface area contributed by atoms with Crippen molar-refractivity contribution in [3.8, 4) is 5.75 Å². The van der Waals surface area contributed by atoms with Gasteiger partial charge >= 0.3 is 0 Å². The lowest BCUT2D eigenvalue weighted by atomic mass is 10.1. The molecule has 0 spiro atoms. The molecule has 0 saturated carbocycles. The second kappa shape index (κ2) is 7.85. The van der Waals surface area contributed by atoms with Crippen LogP contribution in [-0.2, 0) is 11.3 Å². The van der Waals surface area contributed by atoms with Gasteiger partial charge in [0, 0.05) is 18.1 Å². The average molecular weight is 364 g/mol. The van der Waals surface area contributed by atoms with Crippen molar-refractivity contribution in [2.75, 3.05) is 19.7 Å². The minimum absolute atomic E-state index is 0.0516. The first-order chi connectivity index (χ1) is 12.1. The molecular formula is C19H19ClFNO3. The lowest BCUT2D eigenvalue weighted by molar-refractivity contribution is -0.0503. The maximum atomic E-state index is 13.0. The van der Waals surface area contributed by atoms with Crippen LogP contribution in [0.2, 0.25) is 5.02 Å². The van der Waals surface area contributed by atoms with E-state index in [1.54, 1.807) is 23.1 Å². The Morgan fingerprint density at radius 1 is 1.28 bits per heavy atom. The van der Waals surface area contributed by atoms with E-state index in [1.807, 2.05) is 19.1 Å². The molecule has 6 heteroatoms. The van der Waals surface area contributed by atoms with E-state index in [0.717, 1.165) is 5.56 Å². The van der Waals surface area contributed by atoms with E-state index >= 15 is 0 Å². The molecule has 1 fully saturated rings. The van der Waals surface area contributed by atoms with Crippen LogP contribution in [0.4, 0.5) is 4.39 Å². The third kappa shape index (κ3) is 4.11. The molecule has 1 aliphatic rings. The first kappa shape index (κ1) is 17.7. The van der Waals surface area contributed by atoms with Crippen LogP contribution in [-0.4, -0.2) is 36.6 Å². The maximum absolute atomic E-state index is 13.0. The summed E-state index contributed by atoms with van der Waals surface area (Å²) in [5.74, 6) is 0.156. The second-order valence-corrected chi connectivity index (χ2v) is 6.22. The van der Waals surface area contributed by atoms with Crippen molar-refractivity contribution in [3.05, 3.63) is 64.4 Å². The standard InChI is InChI=1S/C19H19ClFNO3/c1-2-24-18-6-4-3-5-16(18)19(23)22-10-15(11-22)25-12-13-7-8-14(21)9-17(13)20/h3-9,15H,2,10-12H2,1H3. The summed E-state index contributed by atoms with van der Waals surface area (Å²) in [4.78, 5) is 14.3. The second-order valence-electron chi connectivity index (χ2n) is 5.81. The van der Waals surface area contributed by atoms with Crippen LogP contribution in [0.25, 0.3) is 0 Å². The Morgan fingerprint density at radius 3 is 2.76 bits per heavy atom. The zero-order valence-corrected chi connectivity index (χ0v) is 14.6. The Morgan fingerprint density at radius 2 is 2.04 bits per heavy atom. The quantitative estimate of drug-likeness (QED) is 0.780. The highest BCUT2D eigenvalue weighted by Gasteiger charge is 2.33. The fraction of sp³-hybridized carbons (Fsp3) is 0.316. The number of benzene rings is 2. The predicted molar refractivity (Wildman–Crippen MR) is 93.5 cm³/mol. The van der Waals surface area contributed by atoms with Crippen molar-refractivity contribution < 1.29 is 18.7 Å². The minimum Gasteiger partial charge on any atom is -0.493 e. The highest BCUT2D eigenvalue weighted by atomic mass is 35.5. The average Bonchev–Trinajstić information content (AvgIpc) is 2.55. The van der Waals surface area contributed by atoms with Gasteiger partial charge in [-0.15, -0.1) is 0 Å². The van der Waals surface area contributed by atoms with Gasteiger partial charge in [0.1, 0.15) is 11.6 Å². The van der Waals surface area contributed by atoms with Gasteiger partial charge in [-0.2, -0.15) is 0 Å². The van der Waals surface area contributed by atoms with Crippen LogP contribution in [0.5, 0.6) is 5.75 Å². The van der Waals surface area contributed by atoms with Crippen LogP contribution in [0.1, 0.15) is 22.8 Å². The van der Waals surface area contributed by atoms with Crippen LogP contribution in [0, 0.1) is 5.82 Å². The number of carbonyl (C=O) groups is 1. The van der Waals surface area contributed by atoms with Gasteiger partial charge in [0.15, 0.2) is 0 Å². The molecule has 0 radical (unpaired) electrons. The van der Waals surface area contributed by atoms with Crippen LogP contribution >= 0.6 is 11.6 Å². The summed E-state index contributed by atoms with van der Waals surface area (Å²) in [5.41, 5.74) is 1.29. The smallest absolute Gasteiger partial charge is 0.257 e. The molecule has 0 aromatic heterocycles. The number of hydrogen-bond acceptors (Lipinski definition) is 3. The summed E-state index contributed by atoms with van der Waals surface area (Å²) in [6, 6.07) is 11.4. The van der Waals surface area contributed by atoms with Gasteiger partial charge in [0.2, 0.25) is 0 Å². The summed E-state index contributed by atoms with van der Waals surface area (Å²) < 4.78 is 24.3.